The van der Waals surface area contributed by atoms with Gasteiger partial charge in [0, 0.05) is 24.3 Å². The minimum absolute atomic E-state index is 0.0417. The third-order valence-electron chi connectivity index (χ3n) is 4.02. The maximum absolute atomic E-state index is 13.4. The summed E-state index contributed by atoms with van der Waals surface area (Å²) >= 11 is 7.73. The van der Waals surface area contributed by atoms with Gasteiger partial charge in [0.25, 0.3) is 5.91 Å². The van der Waals surface area contributed by atoms with Crippen LogP contribution >= 0.6 is 23.5 Å². The van der Waals surface area contributed by atoms with E-state index in [2.05, 4.69) is 10.0 Å². The van der Waals surface area contributed by atoms with E-state index in [9.17, 15) is 18.7 Å². The monoisotopic (exact) mass is 413 g/mol. The van der Waals surface area contributed by atoms with Crippen LogP contribution < -0.4 is 10.0 Å². The van der Waals surface area contributed by atoms with Crippen LogP contribution in [0.3, 0.4) is 0 Å². The van der Waals surface area contributed by atoms with Crippen molar-refractivity contribution in [3.63, 3.8) is 0 Å². The fourth-order valence-electron chi connectivity index (χ4n) is 2.66. The molecule has 1 atom stereocenters. The number of anilines is 1. The summed E-state index contributed by atoms with van der Waals surface area (Å²) in [5.41, 5.74) is 1.17. The number of hydrogen-bond donors (Lipinski definition) is 3. The van der Waals surface area contributed by atoms with E-state index in [0.717, 1.165) is 24.2 Å². The predicted octanol–water partition coefficient (Wildman–Crippen LogP) is 4.07. The second-order valence-corrected chi connectivity index (χ2v) is 7.33. The molecule has 2 heterocycles. The average molecular weight is 414 g/mol. The highest BCUT2D eigenvalue weighted by atomic mass is 35.5. The fourth-order valence-corrected chi connectivity index (χ4v) is 3.92. The summed E-state index contributed by atoms with van der Waals surface area (Å²) in [6.45, 7) is 2.35. The van der Waals surface area contributed by atoms with Gasteiger partial charge in [-0.25, -0.2) is 8.78 Å². The number of amides is 1. The largest absolute Gasteiger partial charge is 0.395 e. The molecule has 0 saturated heterocycles. The fraction of sp³-hybridized carbons (Fsp3) is 0.278. The number of carbonyl (C=O) groups is 1. The summed E-state index contributed by atoms with van der Waals surface area (Å²) in [5, 5.41) is 12.0. The van der Waals surface area contributed by atoms with Gasteiger partial charge in [0.1, 0.15) is 5.69 Å². The maximum atomic E-state index is 13.4. The topological polar surface area (TPSA) is 66.3 Å². The number of hydrogen-bond acceptors (Lipinski definition) is 4. The lowest BCUT2D eigenvalue weighted by atomic mass is 10.2. The van der Waals surface area contributed by atoms with Crippen molar-refractivity contribution in [2.24, 2.45) is 0 Å². The third kappa shape index (κ3) is 4.19. The Hall–Kier alpha value is -1.87. The molecule has 3 rings (SSSR count). The van der Waals surface area contributed by atoms with Crippen molar-refractivity contribution >= 4 is 41.2 Å². The average Bonchev–Trinajstić information content (AvgIpc) is 2.94. The minimum atomic E-state index is -1.04. The summed E-state index contributed by atoms with van der Waals surface area (Å²) < 4.78 is 31.3. The predicted molar refractivity (Wildman–Crippen MR) is 103 cm³/mol. The number of aromatic nitrogens is 1. The van der Waals surface area contributed by atoms with Gasteiger partial charge >= 0.3 is 0 Å². The lowest BCUT2D eigenvalue weighted by Gasteiger charge is -2.15. The standard InChI is InChI=1S/C18H18ClF2N3O2S/c1-10(9-25)23-27-17-14-4-2-3-7-24(14)16(15(17)19)18(26)22-11-5-6-12(20)13(21)8-11/h2,4-6,8,10,23,25H,3,7,9H2,1H3,(H,22,26). The van der Waals surface area contributed by atoms with E-state index in [1.54, 1.807) is 4.57 Å². The van der Waals surface area contributed by atoms with Crippen LogP contribution in [0.1, 0.15) is 29.5 Å². The Balaban J connectivity index is 1.92. The molecule has 1 aromatic carbocycles. The summed E-state index contributed by atoms with van der Waals surface area (Å²) in [4.78, 5) is 13.5. The zero-order valence-electron chi connectivity index (χ0n) is 14.4. The minimum Gasteiger partial charge on any atom is -0.395 e. The molecule has 3 N–H and O–H groups in total. The molecule has 5 nitrogen and oxygen atoms in total. The first-order chi connectivity index (χ1) is 12.9. The van der Waals surface area contributed by atoms with Gasteiger partial charge in [-0.3, -0.25) is 9.52 Å². The number of nitrogens with one attached hydrogen (secondary N) is 2. The Labute approximate surface area is 164 Å². The lowest BCUT2D eigenvalue weighted by molar-refractivity contribution is 0.101. The number of allylic oxidation sites excluding steroid dienone is 1. The molecule has 27 heavy (non-hydrogen) atoms. The Morgan fingerprint density at radius 2 is 2.19 bits per heavy atom. The molecular weight excluding hydrogens is 396 g/mol. The van der Waals surface area contributed by atoms with Crippen molar-refractivity contribution < 1.29 is 18.7 Å². The van der Waals surface area contributed by atoms with Crippen LogP contribution in [0.2, 0.25) is 5.02 Å². The van der Waals surface area contributed by atoms with Crippen LogP contribution in [-0.4, -0.2) is 28.2 Å². The third-order valence-corrected chi connectivity index (χ3v) is 5.64. The highest BCUT2D eigenvalue weighted by molar-refractivity contribution is 7.97. The highest BCUT2D eigenvalue weighted by Crippen LogP contribution is 2.38. The quantitative estimate of drug-likeness (QED) is 0.625. The summed E-state index contributed by atoms with van der Waals surface area (Å²) in [6, 6.07) is 2.99. The van der Waals surface area contributed by atoms with Gasteiger partial charge in [0.15, 0.2) is 11.6 Å². The lowest BCUT2D eigenvalue weighted by Crippen LogP contribution is -2.22. The van der Waals surface area contributed by atoms with Gasteiger partial charge in [0.2, 0.25) is 0 Å². The van der Waals surface area contributed by atoms with Crippen LogP contribution in [0.4, 0.5) is 14.5 Å². The zero-order valence-corrected chi connectivity index (χ0v) is 16.0. The van der Waals surface area contributed by atoms with Gasteiger partial charge in [0.05, 0.1) is 22.2 Å². The van der Waals surface area contributed by atoms with E-state index in [1.807, 2.05) is 19.1 Å². The van der Waals surface area contributed by atoms with Crippen molar-refractivity contribution in [1.82, 2.24) is 9.29 Å². The molecule has 9 heteroatoms. The van der Waals surface area contributed by atoms with E-state index in [1.165, 1.54) is 18.0 Å². The van der Waals surface area contributed by atoms with Crippen molar-refractivity contribution in [3.05, 3.63) is 52.3 Å². The second-order valence-electron chi connectivity index (χ2n) is 6.11. The Morgan fingerprint density at radius 3 is 2.89 bits per heavy atom. The van der Waals surface area contributed by atoms with Gasteiger partial charge in [-0.2, -0.15) is 0 Å². The first kappa shape index (κ1) is 19.9. The summed E-state index contributed by atoms with van der Waals surface area (Å²) in [7, 11) is 0. The molecule has 1 aliphatic rings. The molecule has 2 aromatic rings. The van der Waals surface area contributed by atoms with Crippen molar-refractivity contribution in [2.45, 2.75) is 30.8 Å². The number of rotatable bonds is 6. The summed E-state index contributed by atoms with van der Waals surface area (Å²) in [6.07, 6.45) is 4.62. The smallest absolute Gasteiger partial charge is 0.273 e. The van der Waals surface area contributed by atoms with Gasteiger partial charge < -0.3 is 15.0 Å². The zero-order chi connectivity index (χ0) is 19.6. The van der Waals surface area contributed by atoms with E-state index in [0.29, 0.717) is 11.4 Å². The molecule has 1 amide bonds. The molecule has 144 valence electrons. The SMILES string of the molecule is CC(CO)NSc1c(Cl)c(C(=O)Nc2ccc(F)c(F)c2)n2c1C=CCC2. The van der Waals surface area contributed by atoms with Gasteiger partial charge in [-0.05, 0) is 43.5 Å². The highest BCUT2D eigenvalue weighted by Gasteiger charge is 2.27. The molecule has 0 fully saturated rings. The maximum Gasteiger partial charge on any atom is 0.273 e. The van der Waals surface area contributed by atoms with Crippen LogP contribution in [0, 0.1) is 11.6 Å². The van der Waals surface area contributed by atoms with Crippen LogP contribution in [-0.2, 0) is 6.54 Å². The first-order valence-corrected chi connectivity index (χ1v) is 9.50. The molecular formula is C18H18ClF2N3O2S. The first-order valence-electron chi connectivity index (χ1n) is 8.30. The molecule has 1 aromatic heterocycles. The Kier molecular flexibility index (Phi) is 6.21. The van der Waals surface area contributed by atoms with E-state index >= 15 is 0 Å². The van der Waals surface area contributed by atoms with E-state index in [4.69, 9.17) is 11.6 Å². The second kappa shape index (κ2) is 8.43. The van der Waals surface area contributed by atoms with Gasteiger partial charge in [-0.15, -0.1) is 0 Å². The number of benzene rings is 1. The molecule has 1 unspecified atom stereocenters. The Morgan fingerprint density at radius 1 is 1.41 bits per heavy atom. The molecule has 0 saturated carbocycles. The van der Waals surface area contributed by atoms with Crippen LogP contribution in [0.5, 0.6) is 0 Å². The van der Waals surface area contributed by atoms with Crippen molar-refractivity contribution in [1.29, 1.82) is 0 Å². The normalized spacial score (nSPS) is 14.1. The van der Waals surface area contributed by atoms with Crippen molar-refractivity contribution in [3.8, 4) is 0 Å². The molecule has 1 aliphatic heterocycles. The number of aliphatic hydroxyl groups is 1. The van der Waals surface area contributed by atoms with Crippen LogP contribution in [0.25, 0.3) is 6.08 Å². The van der Waals surface area contributed by atoms with Crippen molar-refractivity contribution in [2.75, 3.05) is 11.9 Å². The number of nitrogens with zero attached hydrogens (tertiary/aromatic N) is 1. The molecule has 0 radical (unpaired) electrons. The number of aliphatic hydroxyl groups excluding tert-OH is 1. The molecule has 0 spiro atoms. The van der Waals surface area contributed by atoms with E-state index in [-0.39, 0.29) is 29.1 Å². The summed E-state index contributed by atoms with van der Waals surface area (Å²) in [5.74, 6) is -2.54. The van der Waals surface area contributed by atoms with Gasteiger partial charge in [-0.1, -0.05) is 17.7 Å². The number of fused-ring (bicyclic) bond motifs is 1. The number of halogens is 3. The van der Waals surface area contributed by atoms with E-state index < -0.39 is 17.5 Å². The molecule has 0 bridgehead atoms. The Bertz CT molecular complexity index is 901. The number of carbonyl (C=O) groups excluding carboxylic acids is 1. The van der Waals surface area contributed by atoms with Crippen LogP contribution in [0.15, 0.2) is 29.2 Å². The molecule has 0 aliphatic carbocycles.